The Morgan fingerprint density at radius 2 is 1.89 bits per heavy atom. The number of fused-ring (bicyclic) bond motifs is 1. The zero-order chi connectivity index (χ0) is 19.2. The second-order valence-corrected chi connectivity index (χ2v) is 7.03. The zero-order valence-corrected chi connectivity index (χ0v) is 16.5. The molecule has 2 heterocycles. The number of aryl methyl sites for hydroxylation is 1. The molecular weight excluding hydrogens is 364 g/mol. The Hall–Kier alpha value is -2.49. The van der Waals surface area contributed by atoms with Gasteiger partial charge in [-0.15, -0.1) is 0 Å². The Bertz CT molecular complexity index is 893. The Morgan fingerprint density at radius 3 is 2.56 bits per heavy atom. The maximum Gasteiger partial charge on any atom is 0.189 e. The molecule has 3 N–H and O–H groups in total. The summed E-state index contributed by atoms with van der Waals surface area (Å²) >= 11 is 1.57. The van der Waals surface area contributed by atoms with Gasteiger partial charge in [0.15, 0.2) is 16.8 Å². The minimum absolute atomic E-state index is 0.473. The van der Waals surface area contributed by atoms with Gasteiger partial charge in [0.25, 0.3) is 0 Å². The van der Waals surface area contributed by atoms with E-state index >= 15 is 0 Å². The topological polar surface area (TPSA) is 98.4 Å². The molecule has 0 spiro atoms. The van der Waals surface area contributed by atoms with Gasteiger partial charge in [0, 0.05) is 27.3 Å². The lowest BCUT2D eigenvalue weighted by atomic mass is 10.2. The van der Waals surface area contributed by atoms with E-state index in [4.69, 9.17) is 15.2 Å². The molecule has 2 aromatic heterocycles. The third-order valence-corrected chi connectivity index (χ3v) is 5.08. The van der Waals surface area contributed by atoms with Crippen molar-refractivity contribution in [1.82, 2.24) is 15.0 Å². The number of hydrogen-bond donors (Lipinski definition) is 2. The molecule has 0 unspecified atom stereocenters. The number of anilines is 4. The lowest BCUT2D eigenvalue weighted by Gasteiger charge is -2.24. The van der Waals surface area contributed by atoms with Crippen LogP contribution in [0.2, 0.25) is 0 Å². The van der Waals surface area contributed by atoms with Crippen molar-refractivity contribution in [3.05, 3.63) is 30.1 Å². The summed E-state index contributed by atoms with van der Waals surface area (Å²) in [4.78, 5) is 15.4. The highest BCUT2D eigenvalue weighted by molar-refractivity contribution is 7.22. The highest BCUT2D eigenvalue weighted by Gasteiger charge is 2.16. The SMILES string of the molecule is COCCN(CCOC)c1ncnc(Nc2nc3c(C)cccc3s2)c1N. The fourth-order valence-electron chi connectivity index (χ4n) is 2.71. The summed E-state index contributed by atoms with van der Waals surface area (Å²) in [6.07, 6.45) is 1.50. The number of hydrogen-bond acceptors (Lipinski definition) is 9. The number of rotatable bonds is 9. The number of nitrogens with zero attached hydrogens (tertiary/aromatic N) is 4. The molecule has 0 atom stereocenters. The molecule has 0 amide bonds. The van der Waals surface area contributed by atoms with E-state index in [-0.39, 0.29) is 0 Å². The minimum Gasteiger partial charge on any atom is -0.393 e. The summed E-state index contributed by atoms with van der Waals surface area (Å²) in [7, 11) is 3.33. The molecule has 27 heavy (non-hydrogen) atoms. The molecule has 0 aliphatic rings. The van der Waals surface area contributed by atoms with Crippen molar-refractivity contribution >= 4 is 44.0 Å². The van der Waals surface area contributed by atoms with Crippen LogP contribution in [0.5, 0.6) is 0 Å². The number of nitrogen functional groups attached to an aromatic ring is 1. The third kappa shape index (κ3) is 4.44. The van der Waals surface area contributed by atoms with Gasteiger partial charge in [-0.25, -0.2) is 15.0 Å². The first-order chi connectivity index (χ1) is 13.1. The molecule has 0 aliphatic heterocycles. The van der Waals surface area contributed by atoms with Crippen LogP contribution in [-0.4, -0.2) is 55.5 Å². The van der Waals surface area contributed by atoms with Crippen LogP contribution in [0.3, 0.4) is 0 Å². The van der Waals surface area contributed by atoms with Crippen molar-refractivity contribution in [3.8, 4) is 0 Å². The molecule has 3 rings (SSSR count). The van der Waals surface area contributed by atoms with Gasteiger partial charge in [0.2, 0.25) is 0 Å². The molecule has 9 heteroatoms. The zero-order valence-electron chi connectivity index (χ0n) is 15.7. The molecule has 0 saturated carbocycles. The van der Waals surface area contributed by atoms with E-state index in [1.807, 2.05) is 24.0 Å². The summed E-state index contributed by atoms with van der Waals surface area (Å²) in [5, 5.41) is 3.98. The number of thiazole rings is 1. The lowest BCUT2D eigenvalue weighted by Crippen LogP contribution is -2.32. The van der Waals surface area contributed by atoms with Gasteiger partial charge >= 0.3 is 0 Å². The standard InChI is InChI=1S/C18H24N6O2S/c1-12-5-4-6-13-15(12)22-18(27-13)23-16-14(19)17(21-11-20-16)24(7-9-25-2)8-10-26-3/h4-6,11H,7-10,19H2,1-3H3,(H,20,21,22,23). The van der Waals surface area contributed by atoms with Crippen LogP contribution in [0.1, 0.15) is 5.56 Å². The first-order valence-electron chi connectivity index (χ1n) is 8.60. The third-order valence-electron chi connectivity index (χ3n) is 4.14. The summed E-state index contributed by atoms with van der Waals surface area (Å²) < 4.78 is 11.5. The normalized spacial score (nSPS) is 11.1. The van der Waals surface area contributed by atoms with Gasteiger partial charge in [-0.1, -0.05) is 23.5 Å². The lowest BCUT2D eigenvalue weighted by molar-refractivity contribution is 0.190. The first-order valence-corrected chi connectivity index (χ1v) is 9.42. The van der Waals surface area contributed by atoms with E-state index in [9.17, 15) is 0 Å². The number of para-hydroxylation sites is 1. The number of ether oxygens (including phenoxy) is 2. The van der Waals surface area contributed by atoms with Crippen LogP contribution in [-0.2, 0) is 9.47 Å². The van der Waals surface area contributed by atoms with Crippen molar-refractivity contribution in [2.24, 2.45) is 0 Å². The van der Waals surface area contributed by atoms with Gasteiger partial charge in [0.1, 0.15) is 12.0 Å². The van der Waals surface area contributed by atoms with Gasteiger partial charge < -0.3 is 25.4 Å². The maximum atomic E-state index is 6.37. The number of nitrogens with one attached hydrogen (secondary N) is 1. The van der Waals surface area contributed by atoms with Gasteiger partial charge in [-0.05, 0) is 18.6 Å². The predicted octanol–water partition coefficient (Wildman–Crippen LogP) is 2.82. The molecule has 0 aliphatic carbocycles. The monoisotopic (exact) mass is 388 g/mol. The second kappa shape index (κ2) is 8.94. The van der Waals surface area contributed by atoms with Crippen LogP contribution < -0.4 is 16.0 Å². The van der Waals surface area contributed by atoms with E-state index in [0.29, 0.717) is 43.6 Å². The molecular formula is C18H24N6O2S. The molecule has 0 fully saturated rings. The van der Waals surface area contributed by atoms with Gasteiger partial charge in [-0.2, -0.15) is 0 Å². The Balaban J connectivity index is 1.87. The van der Waals surface area contributed by atoms with E-state index < -0.39 is 0 Å². The predicted molar refractivity (Wildman–Crippen MR) is 110 cm³/mol. The molecule has 8 nitrogen and oxygen atoms in total. The largest absolute Gasteiger partial charge is 0.393 e. The average Bonchev–Trinajstić information content (AvgIpc) is 3.08. The number of benzene rings is 1. The Morgan fingerprint density at radius 1 is 1.15 bits per heavy atom. The molecule has 0 bridgehead atoms. The minimum atomic E-state index is 0.473. The van der Waals surface area contributed by atoms with Crippen LogP contribution in [0.25, 0.3) is 10.2 Å². The Labute approximate surface area is 162 Å². The summed E-state index contributed by atoms with van der Waals surface area (Å²) in [6, 6.07) is 6.13. The average molecular weight is 388 g/mol. The molecule has 144 valence electrons. The van der Waals surface area contributed by atoms with Crippen LogP contribution in [0.15, 0.2) is 24.5 Å². The van der Waals surface area contributed by atoms with Gasteiger partial charge in [-0.3, -0.25) is 0 Å². The number of aromatic nitrogens is 3. The van der Waals surface area contributed by atoms with Crippen molar-refractivity contribution in [1.29, 1.82) is 0 Å². The second-order valence-electron chi connectivity index (χ2n) is 6.00. The molecule has 0 radical (unpaired) electrons. The summed E-state index contributed by atoms with van der Waals surface area (Å²) in [5.41, 5.74) is 8.96. The van der Waals surface area contributed by atoms with Crippen molar-refractivity contribution in [2.75, 3.05) is 56.5 Å². The Kier molecular flexibility index (Phi) is 6.38. The maximum absolute atomic E-state index is 6.37. The van der Waals surface area contributed by atoms with Gasteiger partial charge in [0.05, 0.1) is 23.4 Å². The quantitative estimate of drug-likeness (QED) is 0.577. The molecule has 3 aromatic rings. The highest BCUT2D eigenvalue weighted by Crippen LogP contribution is 2.33. The smallest absolute Gasteiger partial charge is 0.189 e. The van der Waals surface area contributed by atoms with E-state index in [0.717, 1.165) is 20.9 Å². The fourth-order valence-corrected chi connectivity index (χ4v) is 3.65. The van der Waals surface area contributed by atoms with Crippen molar-refractivity contribution in [3.63, 3.8) is 0 Å². The van der Waals surface area contributed by atoms with Crippen LogP contribution in [0, 0.1) is 6.92 Å². The molecule has 0 saturated heterocycles. The van der Waals surface area contributed by atoms with Crippen molar-refractivity contribution < 1.29 is 9.47 Å². The van der Waals surface area contributed by atoms with E-state index in [1.54, 1.807) is 25.6 Å². The van der Waals surface area contributed by atoms with E-state index in [1.165, 1.54) is 6.33 Å². The summed E-state index contributed by atoms with van der Waals surface area (Å²) in [6.45, 7) is 4.48. The van der Waals surface area contributed by atoms with Crippen LogP contribution >= 0.6 is 11.3 Å². The first kappa shape index (κ1) is 19.3. The molecule has 1 aromatic carbocycles. The number of methoxy groups -OCH3 is 2. The van der Waals surface area contributed by atoms with E-state index in [2.05, 4.69) is 26.3 Å². The fraction of sp³-hybridized carbons (Fsp3) is 0.389. The summed E-state index contributed by atoms with van der Waals surface area (Å²) in [5.74, 6) is 1.19. The number of nitrogens with two attached hydrogens (primary N) is 1. The highest BCUT2D eigenvalue weighted by atomic mass is 32.1. The van der Waals surface area contributed by atoms with Crippen LogP contribution in [0.4, 0.5) is 22.5 Å². The van der Waals surface area contributed by atoms with Crippen molar-refractivity contribution in [2.45, 2.75) is 6.92 Å².